The van der Waals surface area contributed by atoms with Gasteiger partial charge in [0.2, 0.25) is 0 Å². The van der Waals surface area contributed by atoms with E-state index in [0.717, 1.165) is 0 Å². The molecule has 0 aromatic heterocycles. The van der Waals surface area contributed by atoms with Crippen LogP contribution in [0.2, 0.25) is 0 Å². The van der Waals surface area contributed by atoms with Gasteiger partial charge in [-0.15, -0.1) is 0 Å². The molecule has 2 fully saturated rings. The number of likely N-dealkylation sites (tertiary alicyclic amines) is 1. The molecule has 2 rings (SSSR count). The van der Waals surface area contributed by atoms with Crippen molar-refractivity contribution in [1.82, 2.24) is 4.90 Å². The summed E-state index contributed by atoms with van der Waals surface area (Å²) >= 11 is 0. The molecule has 0 bridgehead atoms. The van der Waals surface area contributed by atoms with E-state index in [9.17, 15) is 0 Å². The zero-order chi connectivity index (χ0) is 9.15. The molecular weight excluding hydrogens is 148 g/mol. The van der Waals surface area contributed by atoms with E-state index in [1.807, 2.05) is 0 Å². The highest BCUT2D eigenvalue weighted by Crippen LogP contribution is 2.66. The molecule has 1 aliphatic heterocycles. The van der Waals surface area contributed by atoms with Crippen molar-refractivity contribution in [3.05, 3.63) is 0 Å². The fourth-order valence-electron chi connectivity index (χ4n) is 2.82. The van der Waals surface area contributed by atoms with E-state index in [1.54, 1.807) is 0 Å². The van der Waals surface area contributed by atoms with Crippen LogP contribution in [0.1, 0.15) is 27.7 Å². The van der Waals surface area contributed by atoms with Crippen molar-refractivity contribution in [2.75, 3.05) is 13.1 Å². The first-order valence-electron chi connectivity index (χ1n) is 4.91. The molecule has 0 amide bonds. The molecule has 0 radical (unpaired) electrons. The van der Waals surface area contributed by atoms with Crippen molar-refractivity contribution in [2.24, 2.45) is 16.6 Å². The van der Waals surface area contributed by atoms with Gasteiger partial charge in [0.25, 0.3) is 0 Å². The molecule has 0 spiro atoms. The number of nitrogens with zero attached hydrogens (tertiary/aromatic N) is 1. The summed E-state index contributed by atoms with van der Waals surface area (Å²) < 4.78 is 0. The van der Waals surface area contributed by atoms with E-state index in [4.69, 9.17) is 5.73 Å². The molecule has 1 saturated heterocycles. The topological polar surface area (TPSA) is 29.3 Å². The molecule has 1 aliphatic carbocycles. The average Bonchev–Trinajstić information content (AvgIpc) is 2.31. The van der Waals surface area contributed by atoms with Crippen LogP contribution in [-0.4, -0.2) is 30.1 Å². The van der Waals surface area contributed by atoms with Crippen LogP contribution in [0.4, 0.5) is 0 Å². The summed E-state index contributed by atoms with van der Waals surface area (Å²) in [7, 11) is 0. The van der Waals surface area contributed by atoms with Crippen LogP contribution in [0.25, 0.3) is 0 Å². The molecule has 1 saturated carbocycles. The second kappa shape index (κ2) is 2.05. The number of hydrogen-bond donors (Lipinski definition) is 1. The second-order valence-electron chi connectivity index (χ2n) is 5.31. The van der Waals surface area contributed by atoms with Crippen molar-refractivity contribution in [2.45, 2.75) is 39.8 Å². The third kappa shape index (κ3) is 0.728. The minimum Gasteiger partial charge on any atom is -0.327 e. The quantitative estimate of drug-likeness (QED) is 0.634. The third-order valence-corrected chi connectivity index (χ3v) is 4.39. The van der Waals surface area contributed by atoms with Crippen LogP contribution in [-0.2, 0) is 0 Å². The molecule has 1 unspecified atom stereocenters. The Balaban J connectivity index is 2.12. The Morgan fingerprint density at radius 3 is 2.00 bits per heavy atom. The summed E-state index contributed by atoms with van der Waals surface area (Å²) in [6, 6.07) is 1.12. The maximum atomic E-state index is 6.08. The predicted octanol–water partition coefficient (Wildman–Crippen LogP) is 1.06. The maximum Gasteiger partial charge on any atom is 0.0184 e. The first kappa shape index (κ1) is 8.52. The van der Waals surface area contributed by atoms with Crippen molar-refractivity contribution in [3.63, 3.8) is 0 Å². The summed E-state index contributed by atoms with van der Waals surface area (Å²) in [5.74, 6) is 0. The highest BCUT2D eigenvalue weighted by atomic mass is 15.3. The van der Waals surface area contributed by atoms with Gasteiger partial charge in [-0.1, -0.05) is 13.8 Å². The number of nitrogens with two attached hydrogens (primary N) is 1. The average molecular weight is 168 g/mol. The molecule has 0 aromatic rings. The summed E-state index contributed by atoms with van der Waals surface area (Å²) in [5, 5.41) is 0. The van der Waals surface area contributed by atoms with E-state index in [-0.39, 0.29) is 0 Å². The van der Waals surface area contributed by atoms with Gasteiger partial charge in [-0.05, 0) is 13.8 Å². The Morgan fingerprint density at radius 2 is 1.67 bits per heavy atom. The fraction of sp³-hybridized carbons (Fsp3) is 1.00. The van der Waals surface area contributed by atoms with Crippen molar-refractivity contribution in [3.8, 4) is 0 Å². The van der Waals surface area contributed by atoms with Gasteiger partial charge >= 0.3 is 0 Å². The molecule has 0 aromatic carbocycles. The van der Waals surface area contributed by atoms with E-state index in [1.165, 1.54) is 13.1 Å². The van der Waals surface area contributed by atoms with E-state index in [0.29, 0.717) is 22.9 Å². The SMILES string of the molecule is CC(C)N1C[C@@]2(C)C(N)[C@@]2(C)C1. The normalized spacial score (nSPS) is 53.0. The minimum atomic E-state index is 0.414. The Bertz CT molecular complexity index is 196. The lowest BCUT2D eigenvalue weighted by Gasteiger charge is -2.25. The van der Waals surface area contributed by atoms with Crippen LogP contribution in [0, 0.1) is 10.8 Å². The molecule has 2 nitrogen and oxygen atoms in total. The van der Waals surface area contributed by atoms with Gasteiger partial charge in [-0.3, -0.25) is 4.90 Å². The van der Waals surface area contributed by atoms with Crippen LogP contribution in [0.15, 0.2) is 0 Å². The number of rotatable bonds is 1. The zero-order valence-corrected chi connectivity index (χ0v) is 8.59. The molecule has 70 valence electrons. The van der Waals surface area contributed by atoms with Gasteiger partial charge in [0.15, 0.2) is 0 Å². The highest BCUT2D eigenvalue weighted by molar-refractivity contribution is 5.26. The molecule has 1 heterocycles. The number of hydrogen-bond acceptors (Lipinski definition) is 2. The third-order valence-electron chi connectivity index (χ3n) is 4.39. The smallest absolute Gasteiger partial charge is 0.0184 e. The van der Waals surface area contributed by atoms with Crippen LogP contribution < -0.4 is 5.73 Å². The van der Waals surface area contributed by atoms with E-state index in [2.05, 4.69) is 32.6 Å². The molecule has 3 atom stereocenters. The second-order valence-corrected chi connectivity index (χ2v) is 5.31. The Labute approximate surface area is 75.1 Å². The molecule has 2 heteroatoms. The lowest BCUT2D eigenvalue weighted by molar-refractivity contribution is 0.218. The molecule has 2 aliphatic rings. The predicted molar refractivity (Wildman–Crippen MR) is 50.9 cm³/mol. The van der Waals surface area contributed by atoms with Crippen molar-refractivity contribution >= 4 is 0 Å². The molecule has 12 heavy (non-hydrogen) atoms. The lowest BCUT2D eigenvalue weighted by atomic mass is 10.0. The fourth-order valence-corrected chi connectivity index (χ4v) is 2.82. The first-order valence-corrected chi connectivity index (χ1v) is 4.91. The van der Waals surface area contributed by atoms with Crippen molar-refractivity contribution < 1.29 is 0 Å². The summed E-state index contributed by atoms with van der Waals surface area (Å²) in [4.78, 5) is 2.54. The van der Waals surface area contributed by atoms with Crippen LogP contribution in [0.5, 0.6) is 0 Å². The largest absolute Gasteiger partial charge is 0.327 e. The standard InChI is InChI=1S/C10H20N2/c1-7(2)12-5-9(3)8(11)10(9,4)6-12/h7-8H,5-6,11H2,1-4H3/t8?,9-,10+. The van der Waals surface area contributed by atoms with Gasteiger partial charge < -0.3 is 5.73 Å². The Kier molecular flexibility index (Phi) is 1.45. The van der Waals surface area contributed by atoms with E-state index >= 15 is 0 Å². The summed E-state index contributed by atoms with van der Waals surface area (Å²) in [6.45, 7) is 11.6. The lowest BCUT2D eigenvalue weighted by Crippen LogP contribution is -2.37. The summed E-state index contributed by atoms with van der Waals surface area (Å²) in [6.07, 6.45) is 0. The Morgan fingerprint density at radius 1 is 1.25 bits per heavy atom. The van der Waals surface area contributed by atoms with Gasteiger partial charge in [-0.2, -0.15) is 0 Å². The van der Waals surface area contributed by atoms with E-state index < -0.39 is 0 Å². The zero-order valence-electron chi connectivity index (χ0n) is 8.59. The monoisotopic (exact) mass is 168 g/mol. The minimum absolute atomic E-state index is 0.414. The highest BCUT2D eigenvalue weighted by Gasteiger charge is 2.73. The van der Waals surface area contributed by atoms with Gasteiger partial charge in [0, 0.05) is 36.0 Å². The number of fused-ring (bicyclic) bond motifs is 1. The van der Waals surface area contributed by atoms with Gasteiger partial charge in [0.1, 0.15) is 0 Å². The number of piperidine rings is 1. The maximum absolute atomic E-state index is 6.08. The van der Waals surface area contributed by atoms with Crippen molar-refractivity contribution in [1.29, 1.82) is 0 Å². The van der Waals surface area contributed by atoms with Crippen LogP contribution in [0.3, 0.4) is 0 Å². The Hall–Kier alpha value is -0.0800. The van der Waals surface area contributed by atoms with Gasteiger partial charge in [-0.25, -0.2) is 0 Å². The van der Waals surface area contributed by atoms with Crippen LogP contribution >= 0.6 is 0 Å². The summed E-state index contributed by atoms with van der Waals surface area (Å²) in [5.41, 5.74) is 6.90. The first-order chi connectivity index (χ1) is 5.42. The molecule has 2 N–H and O–H groups in total. The molecular formula is C10H20N2. The van der Waals surface area contributed by atoms with Gasteiger partial charge in [0.05, 0.1) is 0 Å².